The molecule has 3 saturated heterocycles. The molecule has 3 aliphatic heterocycles. The molecular weight excluding hydrogens is 444 g/mol. The van der Waals surface area contributed by atoms with Gasteiger partial charge in [-0.15, -0.1) is 0 Å². The number of pyridine rings is 1. The molecule has 0 amide bonds. The fraction of sp³-hybridized carbons (Fsp3) is 0.667. The van der Waals surface area contributed by atoms with E-state index in [9.17, 15) is 13.9 Å². The van der Waals surface area contributed by atoms with Crippen molar-refractivity contribution in [2.75, 3.05) is 50.9 Å². The van der Waals surface area contributed by atoms with Crippen LogP contribution in [0.3, 0.4) is 0 Å². The highest BCUT2D eigenvalue weighted by Crippen LogP contribution is 2.40. The van der Waals surface area contributed by atoms with Crippen LogP contribution in [0.1, 0.15) is 26.2 Å². The normalized spacial score (nSPS) is 31.2. The van der Waals surface area contributed by atoms with E-state index in [2.05, 4.69) is 19.9 Å². The van der Waals surface area contributed by atoms with Gasteiger partial charge in [0.1, 0.15) is 29.7 Å². The van der Waals surface area contributed by atoms with E-state index in [0.717, 1.165) is 19.4 Å². The largest absolute Gasteiger partial charge is 0.461 e. The Hall–Kier alpha value is -1.88. The molecule has 3 atom stereocenters. The first kappa shape index (κ1) is 21.9. The molecule has 0 bridgehead atoms. The van der Waals surface area contributed by atoms with Gasteiger partial charge in [0.05, 0.1) is 30.7 Å². The average Bonchev–Trinajstić information content (AvgIpc) is 3.19. The van der Waals surface area contributed by atoms with Crippen LogP contribution in [0.4, 0.5) is 14.6 Å². The van der Waals surface area contributed by atoms with E-state index in [0.29, 0.717) is 37.3 Å². The predicted octanol–water partition coefficient (Wildman–Crippen LogP) is 2.36. The van der Waals surface area contributed by atoms with Gasteiger partial charge in [0.15, 0.2) is 11.0 Å². The predicted molar refractivity (Wildman–Crippen MR) is 115 cm³/mol. The zero-order valence-corrected chi connectivity index (χ0v) is 18.6. The summed E-state index contributed by atoms with van der Waals surface area (Å²) in [7, 11) is 0. The van der Waals surface area contributed by atoms with E-state index in [1.165, 1.54) is 6.20 Å². The first-order valence-corrected chi connectivity index (χ1v) is 11.2. The summed E-state index contributed by atoms with van der Waals surface area (Å²) < 4.78 is 40.5. The van der Waals surface area contributed by atoms with Crippen molar-refractivity contribution in [1.29, 1.82) is 0 Å². The van der Waals surface area contributed by atoms with Crippen molar-refractivity contribution in [3.63, 3.8) is 0 Å². The molecule has 3 fully saturated rings. The highest BCUT2D eigenvalue weighted by molar-refractivity contribution is 6.30. The van der Waals surface area contributed by atoms with Gasteiger partial charge >= 0.3 is 6.01 Å². The summed E-state index contributed by atoms with van der Waals surface area (Å²) in [6, 6.07) is -0.0120. The van der Waals surface area contributed by atoms with E-state index in [4.69, 9.17) is 21.1 Å². The summed E-state index contributed by atoms with van der Waals surface area (Å²) in [6.45, 7) is 4.35. The molecule has 1 N–H and O–H groups in total. The van der Waals surface area contributed by atoms with Crippen LogP contribution in [0.15, 0.2) is 6.20 Å². The molecule has 5 rings (SSSR count). The van der Waals surface area contributed by atoms with Crippen molar-refractivity contribution < 1.29 is 23.4 Å². The van der Waals surface area contributed by atoms with Gasteiger partial charge in [-0.3, -0.25) is 4.90 Å². The minimum Gasteiger partial charge on any atom is -0.461 e. The molecular formula is C21H26ClF2N5O3. The number of halogens is 3. The number of hydrogen-bond donors (Lipinski definition) is 1. The van der Waals surface area contributed by atoms with Crippen LogP contribution in [0.2, 0.25) is 5.15 Å². The number of rotatable bonds is 4. The molecule has 32 heavy (non-hydrogen) atoms. The standard InChI is InChI=1S/C21H26ClF2N5O3/c1-20(30)10-28(5-6-31-11-20)18-14-8-25-17(22)15(24)16(14)26-19(27-18)32-12-21-3-2-4-29(21)9-13(23)7-21/h8,13,30H,2-7,9-12H2,1H3/t13-,20-,21+/m1/s1. The molecule has 3 aliphatic rings. The van der Waals surface area contributed by atoms with Crippen molar-refractivity contribution >= 4 is 28.3 Å². The third-order valence-corrected chi connectivity index (χ3v) is 6.84. The van der Waals surface area contributed by atoms with Gasteiger partial charge in [0.25, 0.3) is 0 Å². The summed E-state index contributed by atoms with van der Waals surface area (Å²) >= 11 is 5.91. The molecule has 2 aromatic heterocycles. The van der Waals surface area contributed by atoms with Crippen molar-refractivity contribution in [1.82, 2.24) is 19.9 Å². The molecule has 0 spiro atoms. The lowest BCUT2D eigenvalue weighted by Crippen LogP contribution is -2.44. The molecule has 0 radical (unpaired) electrons. The molecule has 0 unspecified atom stereocenters. The van der Waals surface area contributed by atoms with E-state index in [1.54, 1.807) is 6.92 Å². The van der Waals surface area contributed by atoms with Crippen LogP contribution in [0.25, 0.3) is 10.9 Å². The summed E-state index contributed by atoms with van der Waals surface area (Å²) in [5.74, 6) is -0.379. The van der Waals surface area contributed by atoms with Gasteiger partial charge in [0.2, 0.25) is 0 Å². The topological polar surface area (TPSA) is 83.8 Å². The quantitative estimate of drug-likeness (QED) is 0.683. The minimum atomic E-state index is -1.11. The van der Waals surface area contributed by atoms with Crippen LogP contribution >= 0.6 is 11.6 Å². The fourth-order valence-corrected chi connectivity index (χ4v) is 5.27. The zero-order chi connectivity index (χ0) is 22.5. The first-order chi connectivity index (χ1) is 15.3. The SMILES string of the molecule is C[C@]1(O)COCCN(c2nc(OC[C@@]34CCCN3C[C@H](F)C4)nc3c(F)c(Cl)ncc23)C1. The maximum absolute atomic E-state index is 14.9. The Morgan fingerprint density at radius 3 is 3.06 bits per heavy atom. The fourth-order valence-electron chi connectivity index (χ4n) is 5.14. The number of nitrogens with zero attached hydrogens (tertiary/aromatic N) is 5. The Bertz CT molecular complexity index is 1030. The number of aromatic nitrogens is 3. The van der Waals surface area contributed by atoms with Crippen molar-refractivity contribution in [3.05, 3.63) is 17.2 Å². The Morgan fingerprint density at radius 2 is 2.22 bits per heavy atom. The second-order valence-corrected chi connectivity index (χ2v) is 9.65. The lowest BCUT2D eigenvalue weighted by molar-refractivity contribution is -0.0123. The van der Waals surface area contributed by atoms with E-state index >= 15 is 0 Å². The highest BCUT2D eigenvalue weighted by Gasteiger charge is 2.49. The molecule has 174 valence electrons. The van der Waals surface area contributed by atoms with Gasteiger partial charge in [-0.05, 0) is 26.3 Å². The van der Waals surface area contributed by atoms with Gasteiger partial charge in [-0.1, -0.05) is 11.6 Å². The van der Waals surface area contributed by atoms with Gasteiger partial charge in [-0.25, -0.2) is 13.8 Å². The Labute approximate surface area is 189 Å². The molecule has 5 heterocycles. The molecule has 0 aromatic carbocycles. The van der Waals surface area contributed by atoms with Gasteiger partial charge in [0, 0.05) is 25.7 Å². The number of aliphatic hydroxyl groups is 1. The second-order valence-electron chi connectivity index (χ2n) is 9.29. The number of hydrogen-bond acceptors (Lipinski definition) is 8. The number of anilines is 1. The van der Waals surface area contributed by atoms with Crippen LogP contribution in [-0.2, 0) is 4.74 Å². The molecule has 2 aromatic rings. The third-order valence-electron chi connectivity index (χ3n) is 6.58. The van der Waals surface area contributed by atoms with E-state index < -0.39 is 17.6 Å². The molecule has 0 aliphatic carbocycles. The maximum Gasteiger partial charge on any atom is 0.319 e. The van der Waals surface area contributed by atoms with Crippen molar-refractivity contribution in [2.45, 2.75) is 43.5 Å². The zero-order valence-electron chi connectivity index (χ0n) is 17.9. The third kappa shape index (κ3) is 3.98. The second kappa shape index (κ2) is 8.16. The number of fused-ring (bicyclic) bond motifs is 2. The molecule has 11 heteroatoms. The Morgan fingerprint density at radius 1 is 1.38 bits per heavy atom. The van der Waals surface area contributed by atoms with Crippen molar-refractivity contribution in [2.24, 2.45) is 0 Å². The smallest absolute Gasteiger partial charge is 0.319 e. The van der Waals surface area contributed by atoms with Gasteiger partial charge < -0.3 is 19.5 Å². The van der Waals surface area contributed by atoms with Crippen LogP contribution in [0.5, 0.6) is 6.01 Å². The minimum absolute atomic E-state index is 0.00891. The van der Waals surface area contributed by atoms with Crippen LogP contribution in [0, 0.1) is 5.82 Å². The summed E-state index contributed by atoms with van der Waals surface area (Å²) in [6.07, 6.45) is 2.77. The summed E-state index contributed by atoms with van der Waals surface area (Å²) in [5.41, 5.74) is -1.51. The van der Waals surface area contributed by atoms with E-state index in [-0.39, 0.29) is 42.0 Å². The van der Waals surface area contributed by atoms with Crippen molar-refractivity contribution in [3.8, 4) is 6.01 Å². The summed E-state index contributed by atoms with van der Waals surface area (Å²) in [4.78, 5) is 16.7. The highest BCUT2D eigenvalue weighted by atomic mass is 35.5. The van der Waals surface area contributed by atoms with Gasteiger partial charge in [-0.2, -0.15) is 9.97 Å². The Balaban J connectivity index is 1.51. The van der Waals surface area contributed by atoms with Crippen LogP contribution in [-0.4, -0.2) is 88.3 Å². The molecule has 8 nitrogen and oxygen atoms in total. The molecule has 0 saturated carbocycles. The van der Waals surface area contributed by atoms with Crippen LogP contribution < -0.4 is 9.64 Å². The lowest BCUT2D eigenvalue weighted by atomic mass is 9.95. The number of alkyl halides is 1. The number of ether oxygens (including phenoxy) is 2. The Kier molecular flexibility index (Phi) is 5.59. The average molecular weight is 470 g/mol. The monoisotopic (exact) mass is 469 g/mol. The lowest BCUT2D eigenvalue weighted by Gasteiger charge is -2.31. The summed E-state index contributed by atoms with van der Waals surface area (Å²) in [5, 5.41) is 10.7. The number of β-amino-alcohol motifs (C(OH)–C–C–N with tert-alkyl or cyclic N) is 1. The maximum atomic E-state index is 14.9. The van der Waals surface area contributed by atoms with E-state index in [1.807, 2.05) is 4.90 Å². The first-order valence-electron chi connectivity index (χ1n) is 10.9.